The first-order valence-electron chi connectivity index (χ1n) is 6.68. The zero-order chi connectivity index (χ0) is 13.9. The second-order valence-electron chi connectivity index (χ2n) is 4.55. The summed E-state index contributed by atoms with van der Waals surface area (Å²) >= 11 is 1.61. The van der Waals surface area contributed by atoms with Crippen LogP contribution in [0.25, 0.3) is 11.3 Å². The second-order valence-corrected chi connectivity index (χ2v) is 5.61. The minimum absolute atomic E-state index is 0.164. The van der Waals surface area contributed by atoms with Crippen LogP contribution in [0, 0.1) is 0 Å². The summed E-state index contributed by atoms with van der Waals surface area (Å²) in [7, 11) is 0. The molecule has 104 valence electrons. The van der Waals surface area contributed by atoms with E-state index in [1.807, 2.05) is 31.2 Å². The maximum Gasteiger partial charge on any atom is 0.262 e. The Morgan fingerprint density at radius 2 is 2.15 bits per heavy atom. The summed E-state index contributed by atoms with van der Waals surface area (Å²) in [4.78, 5) is 4.61. The molecule has 5 nitrogen and oxygen atoms in total. The van der Waals surface area contributed by atoms with Crippen LogP contribution in [-0.4, -0.2) is 27.2 Å². The maximum absolute atomic E-state index is 5.74. The van der Waals surface area contributed by atoms with Crippen LogP contribution >= 0.6 is 11.8 Å². The standard InChI is InChI=1S/C14H16N4OS/c1-3-8-20-14-16-12-10-6-4-5-7-11(10)15-9(2)19-13(12)17-18-14/h4-7,9,15H,3,8H2,1-2H3/t9-/m1/s1. The normalized spacial score (nSPS) is 16.4. The lowest BCUT2D eigenvalue weighted by Gasteiger charge is -2.12. The van der Waals surface area contributed by atoms with Gasteiger partial charge in [-0.05, 0) is 19.4 Å². The number of para-hydroxylation sites is 1. The van der Waals surface area contributed by atoms with Crippen LogP contribution < -0.4 is 10.1 Å². The molecule has 2 heterocycles. The van der Waals surface area contributed by atoms with E-state index in [0.717, 1.165) is 29.1 Å². The zero-order valence-electron chi connectivity index (χ0n) is 11.5. The number of rotatable bonds is 3. The highest BCUT2D eigenvalue weighted by atomic mass is 32.2. The molecular formula is C14H16N4OS. The van der Waals surface area contributed by atoms with Crippen molar-refractivity contribution >= 4 is 17.4 Å². The molecule has 0 saturated heterocycles. The van der Waals surface area contributed by atoms with Crippen LogP contribution in [0.15, 0.2) is 29.4 Å². The number of aromatic nitrogens is 3. The van der Waals surface area contributed by atoms with Gasteiger partial charge in [-0.3, -0.25) is 0 Å². The first-order valence-corrected chi connectivity index (χ1v) is 7.66. The molecule has 6 heteroatoms. The predicted molar refractivity (Wildman–Crippen MR) is 80.0 cm³/mol. The molecule has 1 aromatic heterocycles. The molecule has 3 rings (SSSR count). The highest BCUT2D eigenvalue weighted by Gasteiger charge is 2.22. The summed E-state index contributed by atoms with van der Waals surface area (Å²) in [5.74, 6) is 1.47. The molecule has 1 N–H and O–H groups in total. The minimum Gasteiger partial charge on any atom is -0.451 e. The highest BCUT2D eigenvalue weighted by molar-refractivity contribution is 7.99. The molecule has 1 aliphatic rings. The summed E-state index contributed by atoms with van der Waals surface area (Å²) in [6, 6.07) is 8.02. The van der Waals surface area contributed by atoms with Gasteiger partial charge in [-0.1, -0.05) is 36.9 Å². The van der Waals surface area contributed by atoms with Gasteiger partial charge < -0.3 is 10.1 Å². The van der Waals surface area contributed by atoms with Crippen molar-refractivity contribution in [3.8, 4) is 17.1 Å². The van der Waals surface area contributed by atoms with Crippen molar-refractivity contribution in [2.24, 2.45) is 0 Å². The Kier molecular flexibility index (Phi) is 3.73. The lowest BCUT2D eigenvalue weighted by Crippen LogP contribution is -2.21. The lowest BCUT2D eigenvalue weighted by molar-refractivity contribution is 0.239. The van der Waals surface area contributed by atoms with Gasteiger partial charge in [-0.25, -0.2) is 4.98 Å². The van der Waals surface area contributed by atoms with Crippen molar-refractivity contribution < 1.29 is 4.74 Å². The van der Waals surface area contributed by atoms with Crippen LogP contribution in [0.3, 0.4) is 0 Å². The van der Waals surface area contributed by atoms with Crippen molar-refractivity contribution in [1.29, 1.82) is 0 Å². The fourth-order valence-electron chi connectivity index (χ4n) is 2.04. The van der Waals surface area contributed by atoms with E-state index in [9.17, 15) is 0 Å². The molecule has 0 bridgehead atoms. The number of benzene rings is 1. The van der Waals surface area contributed by atoms with Gasteiger partial charge in [0.1, 0.15) is 5.69 Å². The van der Waals surface area contributed by atoms with E-state index in [2.05, 4.69) is 27.4 Å². The summed E-state index contributed by atoms with van der Waals surface area (Å²) in [6.45, 7) is 4.07. The van der Waals surface area contributed by atoms with Crippen LogP contribution in [0.1, 0.15) is 20.3 Å². The molecule has 0 unspecified atom stereocenters. The van der Waals surface area contributed by atoms with Gasteiger partial charge in [0.05, 0.1) is 0 Å². The monoisotopic (exact) mass is 288 g/mol. The molecule has 0 fully saturated rings. The Hall–Kier alpha value is -1.82. The molecule has 1 atom stereocenters. The van der Waals surface area contributed by atoms with Gasteiger partial charge >= 0.3 is 0 Å². The molecule has 0 radical (unpaired) electrons. The number of fused-ring (bicyclic) bond motifs is 3. The summed E-state index contributed by atoms with van der Waals surface area (Å²) < 4.78 is 5.74. The molecular weight excluding hydrogens is 272 g/mol. The van der Waals surface area contributed by atoms with E-state index >= 15 is 0 Å². The van der Waals surface area contributed by atoms with E-state index in [1.165, 1.54) is 0 Å². The molecule has 1 aliphatic heterocycles. The fraction of sp³-hybridized carbons (Fsp3) is 0.357. The van der Waals surface area contributed by atoms with Crippen molar-refractivity contribution in [1.82, 2.24) is 15.2 Å². The number of ether oxygens (including phenoxy) is 1. The lowest BCUT2D eigenvalue weighted by atomic mass is 10.1. The predicted octanol–water partition coefficient (Wildman–Crippen LogP) is 3.19. The Labute approximate surface area is 122 Å². The molecule has 20 heavy (non-hydrogen) atoms. The minimum atomic E-state index is -0.164. The average molecular weight is 288 g/mol. The topological polar surface area (TPSA) is 59.9 Å². The number of thioether (sulfide) groups is 1. The van der Waals surface area contributed by atoms with Crippen LogP contribution in [0.2, 0.25) is 0 Å². The third-order valence-electron chi connectivity index (χ3n) is 2.90. The summed E-state index contributed by atoms with van der Waals surface area (Å²) in [5, 5.41) is 12.3. The zero-order valence-corrected chi connectivity index (χ0v) is 12.3. The third kappa shape index (κ3) is 2.56. The van der Waals surface area contributed by atoms with Gasteiger partial charge in [0.25, 0.3) is 5.88 Å². The van der Waals surface area contributed by atoms with Gasteiger partial charge in [-0.2, -0.15) is 0 Å². The Morgan fingerprint density at radius 1 is 1.30 bits per heavy atom. The van der Waals surface area contributed by atoms with Crippen molar-refractivity contribution in [2.45, 2.75) is 31.7 Å². The third-order valence-corrected chi connectivity index (χ3v) is 3.94. The van der Waals surface area contributed by atoms with Gasteiger partial charge in [0.15, 0.2) is 6.23 Å². The Balaban J connectivity index is 2.07. The quantitative estimate of drug-likeness (QED) is 0.875. The largest absolute Gasteiger partial charge is 0.451 e. The number of hydrogen-bond donors (Lipinski definition) is 1. The van der Waals surface area contributed by atoms with Crippen molar-refractivity contribution in [2.75, 3.05) is 11.1 Å². The molecule has 0 spiro atoms. The molecule has 0 aliphatic carbocycles. The average Bonchev–Trinajstić information content (AvgIpc) is 2.60. The number of anilines is 1. The van der Waals surface area contributed by atoms with Crippen molar-refractivity contribution in [3.63, 3.8) is 0 Å². The van der Waals surface area contributed by atoms with E-state index in [1.54, 1.807) is 11.8 Å². The molecule has 0 amide bonds. The number of nitrogens with zero attached hydrogens (tertiary/aromatic N) is 3. The smallest absolute Gasteiger partial charge is 0.262 e. The Bertz CT molecular complexity index is 620. The summed E-state index contributed by atoms with van der Waals surface area (Å²) in [5.41, 5.74) is 2.76. The first kappa shape index (κ1) is 13.2. The van der Waals surface area contributed by atoms with Crippen LogP contribution in [0.5, 0.6) is 5.88 Å². The number of nitrogens with one attached hydrogen (secondary N) is 1. The van der Waals surface area contributed by atoms with Crippen molar-refractivity contribution in [3.05, 3.63) is 24.3 Å². The van der Waals surface area contributed by atoms with E-state index in [4.69, 9.17) is 4.74 Å². The fourth-order valence-corrected chi connectivity index (χ4v) is 2.68. The van der Waals surface area contributed by atoms with E-state index in [-0.39, 0.29) is 6.23 Å². The Morgan fingerprint density at radius 3 is 3.00 bits per heavy atom. The maximum atomic E-state index is 5.74. The van der Waals surface area contributed by atoms with Gasteiger partial charge in [-0.15, -0.1) is 10.2 Å². The van der Waals surface area contributed by atoms with Gasteiger partial charge in [0.2, 0.25) is 5.16 Å². The highest BCUT2D eigenvalue weighted by Crippen LogP contribution is 2.36. The molecule has 0 saturated carbocycles. The molecule has 2 aromatic rings. The molecule has 1 aromatic carbocycles. The van der Waals surface area contributed by atoms with Crippen LogP contribution in [-0.2, 0) is 0 Å². The van der Waals surface area contributed by atoms with Gasteiger partial charge in [0, 0.05) is 17.0 Å². The SMILES string of the molecule is CCCSc1nnc2c(n1)-c1ccccc1N[C@@H](C)O2. The van der Waals surface area contributed by atoms with Crippen LogP contribution in [0.4, 0.5) is 5.69 Å². The van der Waals surface area contributed by atoms with E-state index in [0.29, 0.717) is 11.0 Å². The summed E-state index contributed by atoms with van der Waals surface area (Å²) in [6.07, 6.45) is 0.916. The second kappa shape index (κ2) is 5.66. The first-order chi connectivity index (χ1) is 9.78. The number of hydrogen-bond acceptors (Lipinski definition) is 6. The van der Waals surface area contributed by atoms with E-state index < -0.39 is 0 Å².